The molecule has 0 spiro atoms. The molecule has 1 aliphatic carbocycles. The minimum atomic E-state index is -1.25. The van der Waals surface area contributed by atoms with Gasteiger partial charge in [0, 0.05) is 18.2 Å². The minimum Gasteiger partial charge on any atom is -0.545 e. The van der Waals surface area contributed by atoms with E-state index < -0.39 is 5.97 Å². The van der Waals surface area contributed by atoms with Gasteiger partial charge >= 0.3 is 0 Å². The van der Waals surface area contributed by atoms with Gasteiger partial charge in [-0.25, -0.2) is 0 Å². The summed E-state index contributed by atoms with van der Waals surface area (Å²) in [6.07, 6.45) is 5.61. The van der Waals surface area contributed by atoms with E-state index in [1.54, 1.807) is 0 Å². The highest BCUT2D eigenvalue weighted by Gasteiger charge is 2.29. The molecular weight excluding hydrogens is 346 g/mol. The number of benzene rings is 1. The van der Waals surface area contributed by atoms with E-state index in [4.69, 9.17) is 14.2 Å². The molecule has 0 amide bonds. The number of aromatic carboxylic acids is 1. The van der Waals surface area contributed by atoms with E-state index in [-0.39, 0.29) is 24.0 Å². The molecule has 1 fully saturated rings. The van der Waals surface area contributed by atoms with Crippen LogP contribution in [-0.4, -0.2) is 39.9 Å². The van der Waals surface area contributed by atoms with Crippen LogP contribution in [0.25, 0.3) is 0 Å². The highest BCUT2D eigenvalue weighted by atomic mass is 35.5. The van der Waals surface area contributed by atoms with Crippen molar-refractivity contribution < 1.29 is 24.1 Å². The summed E-state index contributed by atoms with van der Waals surface area (Å²) < 4.78 is 16.2. The molecule has 6 nitrogen and oxygen atoms in total. The summed E-state index contributed by atoms with van der Waals surface area (Å²) in [6.45, 7) is 2.70. The van der Waals surface area contributed by atoms with Gasteiger partial charge in [0.2, 0.25) is 5.75 Å². The monoisotopic (exact) mass is 372 g/mol. The Bertz CT molecular complexity index is 587. The first kappa shape index (κ1) is 21.2. The molecule has 1 saturated carbocycles. The van der Waals surface area contributed by atoms with Gasteiger partial charge in [-0.3, -0.25) is 0 Å². The first-order valence-electron chi connectivity index (χ1n) is 8.39. The average molecular weight is 373 g/mol. The number of carboxylic acids is 1. The number of methoxy groups -OCH3 is 3. The van der Waals surface area contributed by atoms with Gasteiger partial charge in [0.15, 0.2) is 11.5 Å². The molecule has 1 aliphatic rings. The van der Waals surface area contributed by atoms with Crippen molar-refractivity contribution in [3.05, 3.63) is 11.6 Å². The summed E-state index contributed by atoms with van der Waals surface area (Å²) in [4.78, 5) is 13.9. The molecule has 7 heteroatoms. The molecule has 0 aromatic heterocycles. The number of halogens is 1. The highest BCUT2D eigenvalue weighted by Crippen LogP contribution is 2.48. The summed E-state index contributed by atoms with van der Waals surface area (Å²) in [6, 6.07) is 1.74. The average Bonchev–Trinajstić information content (AvgIpc) is 2.61. The Kier molecular flexibility index (Phi) is 8.16. The SMILES string of the molecule is CCN(c1c(C(=O)[O-])cc(OC)c(OC)c1OC)C1CCCCC1.Cl. The Morgan fingerprint density at radius 3 is 2.16 bits per heavy atom. The number of carbonyl (C=O) groups excluding carboxylic acids is 1. The smallest absolute Gasteiger partial charge is 0.205 e. The third-order valence-electron chi connectivity index (χ3n) is 4.67. The minimum absolute atomic E-state index is 0. The fourth-order valence-corrected chi connectivity index (χ4v) is 3.57. The van der Waals surface area contributed by atoms with Crippen molar-refractivity contribution in [2.24, 2.45) is 0 Å². The molecule has 0 saturated heterocycles. The van der Waals surface area contributed by atoms with Crippen LogP contribution in [0.15, 0.2) is 6.07 Å². The van der Waals surface area contributed by atoms with Crippen LogP contribution in [0.5, 0.6) is 17.2 Å². The van der Waals surface area contributed by atoms with Crippen molar-refractivity contribution in [3.63, 3.8) is 0 Å². The molecule has 0 bridgehead atoms. The van der Waals surface area contributed by atoms with Gasteiger partial charge in [0.25, 0.3) is 0 Å². The van der Waals surface area contributed by atoms with Gasteiger partial charge in [0.05, 0.1) is 33.0 Å². The number of carbonyl (C=O) groups is 1. The van der Waals surface area contributed by atoms with E-state index >= 15 is 0 Å². The first-order chi connectivity index (χ1) is 11.6. The van der Waals surface area contributed by atoms with Gasteiger partial charge in [-0.2, -0.15) is 0 Å². The second-order valence-corrected chi connectivity index (χ2v) is 5.91. The molecule has 25 heavy (non-hydrogen) atoms. The summed E-state index contributed by atoms with van der Waals surface area (Å²) in [5, 5.41) is 11.8. The maximum absolute atomic E-state index is 11.8. The number of hydrogen-bond donors (Lipinski definition) is 0. The van der Waals surface area contributed by atoms with E-state index in [0.717, 1.165) is 25.7 Å². The molecule has 1 aromatic carbocycles. The Morgan fingerprint density at radius 2 is 1.72 bits per heavy atom. The second kappa shape index (κ2) is 9.61. The van der Waals surface area contributed by atoms with Crippen molar-refractivity contribution >= 4 is 24.1 Å². The van der Waals surface area contributed by atoms with Gasteiger partial charge in [-0.05, 0) is 25.8 Å². The Hall–Kier alpha value is -1.82. The Morgan fingerprint density at radius 1 is 1.12 bits per heavy atom. The van der Waals surface area contributed by atoms with Crippen LogP contribution in [-0.2, 0) is 0 Å². The van der Waals surface area contributed by atoms with Crippen molar-refractivity contribution in [1.29, 1.82) is 0 Å². The van der Waals surface area contributed by atoms with Crippen LogP contribution >= 0.6 is 12.4 Å². The van der Waals surface area contributed by atoms with Crippen LogP contribution in [0.4, 0.5) is 5.69 Å². The zero-order chi connectivity index (χ0) is 17.7. The van der Waals surface area contributed by atoms with Crippen molar-refractivity contribution in [2.75, 3.05) is 32.8 Å². The normalized spacial score (nSPS) is 14.4. The van der Waals surface area contributed by atoms with Crippen LogP contribution in [0.2, 0.25) is 0 Å². The molecule has 142 valence electrons. The van der Waals surface area contributed by atoms with Crippen molar-refractivity contribution in [3.8, 4) is 17.2 Å². The number of nitrogens with zero attached hydrogens (tertiary/aromatic N) is 1. The molecule has 0 heterocycles. The van der Waals surface area contributed by atoms with E-state index in [2.05, 4.69) is 4.90 Å². The number of carboxylic acid groups (broad SMARTS) is 1. The molecule has 0 radical (unpaired) electrons. The number of rotatable bonds is 7. The lowest BCUT2D eigenvalue weighted by Crippen LogP contribution is -2.39. The third-order valence-corrected chi connectivity index (χ3v) is 4.67. The molecular formula is C18H27ClNO5-. The molecule has 0 atom stereocenters. The van der Waals surface area contributed by atoms with Crippen molar-refractivity contribution in [2.45, 2.75) is 45.1 Å². The van der Waals surface area contributed by atoms with E-state index in [9.17, 15) is 9.90 Å². The van der Waals surface area contributed by atoms with E-state index in [1.165, 1.54) is 33.8 Å². The predicted molar refractivity (Wildman–Crippen MR) is 97.6 cm³/mol. The Balaban J connectivity index is 0.00000312. The standard InChI is InChI=1S/C18H27NO5.ClH/c1-5-19(12-9-7-6-8-10-12)15-13(18(20)21)11-14(22-2)16(23-3)17(15)24-4;/h11-12H,5-10H2,1-4H3,(H,20,21);1H/p-1. The third kappa shape index (κ3) is 4.24. The summed E-state index contributed by atoms with van der Waals surface area (Å²) in [5.41, 5.74) is 0.585. The zero-order valence-electron chi connectivity index (χ0n) is 15.3. The summed E-state index contributed by atoms with van der Waals surface area (Å²) in [5.74, 6) is -0.159. The van der Waals surface area contributed by atoms with E-state index in [0.29, 0.717) is 29.5 Å². The van der Waals surface area contributed by atoms with Gasteiger partial charge in [0.1, 0.15) is 0 Å². The van der Waals surface area contributed by atoms with Crippen LogP contribution in [0, 0.1) is 0 Å². The van der Waals surface area contributed by atoms with E-state index in [1.807, 2.05) is 6.92 Å². The molecule has 2 rings (SSSR count). The van der Waals surface area contributed by atoms with Crippen LogP contribution in [0.3, 0.4) is 0 Å². The summed E-state index contributed by atoms with van der Waals surface area (Å²) >= 11 is 0. The van der Waals surface area contributed by atoms with Gasteiger partial charge < -0.3 is 29.0 Å². The maximum Gasteiger partial charge on any atom is 0.205 e. The number of ether oxygens (including phenoxy) is 3. The lowest BCUT2D eigenvalue weighted by Gasteiger charge is -2.38. The second-order valence-electron chi connectivity index (χ2n) is 5.91. The quantitative estimate of drug-likeness (QED) is 0.732. The maximum atomic E-state index is 11.8. The summed E-state index contributed by atoms with van der Waals surface area (Å²) in [7, 11) is 4.49. The first-order valence-corrected chi connectivity index (χ1v) is 8.39. The number of hydrogen-bond acceptors (Lipinski definition) is 6. The van der Waals surface area contributed by atoms with Gasteiger partial charge in [-0.15, -0.1) is 12.4 Å². The van der Waals surface area contributed by atoms with Crippen LogP contribution in [0.1, 0.15) is 49.4 Å². The Labute approximate surface area is 155 Å². The molecule has 0 unspecified atom stereocenters. The van der Waals surface area contributed by atoms with Crippen molar-refractivity contribution in [1.82, 2.24) is 0 Å². The topological polar surface area (TPSA) is 71.1 Å². The lowest BCUT2D eigenvalue weighted by atomic mass is 9.93. The zero-order valence-corrected chi connectivity index (χ0v) is 16.1. The molecule has 0 N–H and O–H groups in total. The fourth-order valence-electron chi connectivity index (χ4n) is 3.57. The largest absolute Gasteiger partial charge is 0.545 e. The predicted octanol–water partition coefficient (Wildman–Crippen LogP) is 2.66. The lowest BCUT2D eigenvalue weighted by molar-refractivity contribution is -0.255. The molecule has 1 aromatic rings. The molecule has 0 aliphatic heterocycles. The van der Waals surface area contributed by atoms with Gasteiger partial charge in [-0.1, -0.05) is 19.3 Å². The highest BCUT2D eigenvalue weighted by molar-refractivity contribution is 5.97. The fraction of sp³-hybridized carbons (Fsp3) is 0.611. The number of anilines is 1. The van der Waals surface area contributed by atoms with Crippen LogP contribution < -0.4 is 24.2 Å².